The highest BCUT2D eigenvalue weighted by Crippen LogP contribution is 2.35. The molecule has 0 radical (unpaired) electrons. The first-order chi connectivity index (χ1) is 12.5. The van der Waals surface area contributed by atoms with Gasteiger partial charge in [0.2, 0.25) is 12.7 Å². The quantitative estimate of drug-likeness (QED) is 0.603. The molecule has 1 atom stereocenters. The second-order valence-electron chi connectivity index (χ2n) is 6.17. The predicted octanol–water partition coefficient (Wildman–Crippen LogP) is 3.17. The molecule has 26 heavy (non-hydrogen) atoms. The number of hydrogen-bond acceptors (Lipinski definition) is 5. The average Bonchev–Trinajstić information content (AvgIpc) is 3.13. The van der Waals surface area contributed by atoms with Crippen LogP contribution in [0.2, 0.25) is 0 Å². The van der Waals surface area contributed by atoms with E-state index in [0.717, 1.165) is 5.56 Å². The molecule has 1 aliphatic heterocycles. The molecule has 6 heteroatoms. The lowest BCUT2D eigenvalue weighted by atomic mass is 9.95. The van der Waals surface area contributed by atoms with Crippen LogP contribution in [0, 0.1) is 0 Å². The van der Waals surface area contributed by atoms with Crippen LogP contribution in [0.4, 0.5) is 0 Å². The fraction of sp³-hybridized carbons (Fsp3) is 0.250. The molecule has 5 nitrogen and oxygen atoms in total. The Bertz CT molecular complexity index is 815. The van der Waals surface area contributed by atoms with Crippen LogP contribution in [-0.2, 0) is 10.4 Å². The smallest absolute Gasteiger partial charge is 0.244 e. The zero-order valence-corrected chi connectivity index (χ0v) is 15.5. The first kappa shape index (κ1) is 18.4. The summed E-state index contributed by atoms with van der Waals surface area (Å²) in [7, 11) is 0. The zero-order chi connectivity index (χ0) is 18.6. The molecular formula is C20H21NO4S. The van der Waals surface area contributed by atoms with Crippen LogP contribution in [0.15, 0.2) is 53.4 Å². The minimum absolute atomic E-state index is 0.0846. The molecule has 1 amide bonds. The lowest BCUT2D eigenvalue weighted by molar-refractivity contribution is -0.117. The summed E-state index contributed by atoms with van der Waals surface area (Å²) in [4.78, 5) is 13.2. The van der Waals surface area contributed by atoms with Crippen molar-refractivity contribution in [3.8, 4) is 11.5 Å². The number of nitrogens with one attached hydrogen (secondary N) is 1. The summed E-state index contributed by atoms with van der Waals surface area (Å²) >= 11 is 1.67. The Morgan fingerprint density at radius 2 is 1.96 bits per heavy atom. The second-order valence-corrected chi connectivity index (χ2v) is 7.05. The van der Waals surface area contributed by atoms with Crippen molar-refractivity contribution in [2.75, 3.05) is 19.6 Å². The summed E-state index contributed by atoms with van der Waals surface area (Å²) in [6.45, 7) is 1.91. The first-order valence-electron chi connectivity index (χ1n) is 8.20. The van der Waals surface area contributed by atoms with Crippen LogP contribution >= 0.6 is 11.8 Å². The molecule has 2 aromatic rings. The Hall–Kier alpha value is -2.44. The summed E-state index contributed by atoms with van der Waals surface area (Å²) in [6, 6.07) is 13.2. The van der Waals surface area contributed by atoms with Gasteiger partial charge in [0.05, 0.1) is 6.54 Å². The summed E-state index contributed by atoms with van der Waals surface area (Å²) in [5.41, 5.74) is 0.379. The van der Waals surface area contributed by atoms with Crippen LogP contribution in [0.25, 0.3) is 6.08 Å². The number of thioether (sulfide) groups is 1. The van der Waals surface area contributed by atoms with Crippen molar-refractivity contribution in [1.29, 1.82) is 0 Å². The minimum Gasteiger partial charge on any atom is -0.454 e. The molecule has 0 fully saturated rings. The van der Waals surface area contributed by atoms with Crippen molar-refractivity contribution in [3.63, 3.8) is 0 Å². The van der Waals surface area contributed by atoms with Gasteiger partial charge in [-0.1, -0.05) is 18.2 Å². The van der Waals surface area contributed by atoms with Crippen LogP contribution in [0.5, 0.6) is 11.5 Å². The van der Waals surface area contributed by atoms with Crippen LogP contribution < -0.4 is 14.8 Å². The molecule has 0 aromatic heterocycles. The van der Waals surface area contributed by atoms with E-state index in [-0.39, 0.29) is 19.2 Å². The second kappa shape index (κ2) is 7.85. The van der Waals surface area contributed by atoms with Crippen molar-refractivity contribution in [3.05, 3.63) is 59.7 Å². The van der Waals surface area contributed by atoms with Gasteiger partial charge in [-0.3, -0.25) is 4.79 Å². The summed E-state index contributed by atoms with van der Waals surface area (Å²) in [6.07, 6.45) is 5.23. The SMILES string of the molecule is CSc1ccc(/C=C/C(=O)NC[C@](C)(O)c2ccc3c(c2)OCO3)cc1. The Morgan fingerprint density at radius 1 is 1.23 bits per heavy atom. The Labute approximate surface area is 157 Å². The topological polar surface area (TPSA) is 67.8 Å². The van der Waals surface area contributed by atoms with Gasteiger partial charge in [0.25, 0.3) is 0 Å². The third-order valence-electron chi connectivity index (χ3n) is 4.14. The standard InChI is InChI=1S/C20H21NO4S/c1-20(23,15-6-9-17-18(11-15)25-13-24-17)12-21-19(22)10-5-14-3-7-16(26-2)8-4-14/h3-11,23H,12-13H2,1-2H3,(H,21,22)/b10-5+/t20-/m0/s1. The number of benzene rings is 2. The van der Waals surface area contributed by atoms with E-state index in [1.807, 2.05) is 30.5 Å². The van der Waals surface area contributed by atoms with Crippen molar-refractivity contribution in [2.45, 2.75) is 17.4 Å². The van der Waals surface area contributed by atoms with E-state index < -0.39 is 5.60 Å². The van der Waals surface area contributed by atoms with E-state index in [1.54, 1.807) is 43.0 Å². The molecule has 0 saturated carbocycles. The van der Waals surface area contributed by atoms with E-state index >= 15 is 0 Å². The van der Waals surface area contributed by atoms with Gasteiger partial charge in [0.1, 0.15) is 5.60 Å². The molecule has 0 bridgehead atoms. The van der Waals surface area contributed by atoms with Crippen LogP contribution in [-0.4, -0.2) is 30.6 Å². The lowest BCUT2D eigenvalue weighted by Crippen LogP contribution is -2.37. The fourth-order valence-electron chi connectivity index (χ4n) is 2.54. The van der Waals surface area contributed by atoms with E-state index in [9.17, 15) is 9.90 Å². The highest BCUT2D eigenvalue weighted by Gasteiger charge is 2.26. The van der Waals surface area contributed by atoms with Crippen molar-refractivity contribution < 1.29 is 19.4 Å². The highest BCUT2D eigenvalue weighted by atomic mass is 32.2. The van der Waals surface area contributed by atoms with E-state index in [0.29, 0.717) is 17.1 Å². The largest absolute Gasteiger partial charge is 0.454 e. The van der Waals surface area contributed by atoms with E-state index in [1.165, 1.54) is 11.0 Å². The van der Waals surface area contributed by atoms with E-state index in [2.05, 4.69) is 5.32 Å². The number of ether oxygens (including phenoxy) is 2. The van der Waals surface area contributed by atoms with Gasteiger partial charge in [-0.15, -0.1) is 11.8 Å². The maximum absolute atomic E-state index is 12.0. The lowest BCUT2D eigenvalue weighted by Gasteiger charge is -2.24. The Morgan fingerprint density at radius 3 is 2.69 bits per heavy atom. The molecule has 0 saturated heterocycles. The molecule has 1 heterocycles. The van der Waals surface area contributed by atoms with Crippen LogP contribution in [0.1, 0.15) is 18.1 Å². The number of fused-ring (bicyclic) bond motifs is 1. The van der Waals surface area contributed by atoms with Crippen LogP contribution in [0.3, 0.4) is 0 Å². The van der Waals surface area contributed by atoms with Gasteiger partial charge in [0.15, 0.2) is 11.5 Å². The van der Waals surface area contributed by atoms with Gasteiger partial charge in [-0.2, -0.15) is 0 Å². The average molecular weight is 371 g/mol. The molecular weight excluding hydrogens is 350 g/mol. The molecule has 136 valence electrons. The zero-order valence-electron chi connectivity index (χ0n) is 14.7. The third-order valence-corrected chi connectivity index (χ3v) is 4.89. The predicted molar refractivity (Wildman–Crippen MR) is 102 cm³/mol. The fourth-order valence-corrected chi connectivity index (χ4v) is 2.95. The van der Waals surface area contributed by atoms with Crippen molar-refractivity contribution in [2.24, 2.45) is 0 Å². The Kier molecular flexibility index (Phi) is 5.54. The molecule has 0 spiro atoms. The normalized spacial score (nSPS) is 15.0. The molecule has 2 N–H and O–H groups in total. The first-order valence-corrected chi connectivity index (χ1v) is 9.43. The van der Waals surface area contributed by atoms with Gasteiger partial charge in [-0.25, -0.2) is 0 Å². The summed E-state index contributed by atoms with van der Waals surface area (Å²) < 4.78 is 10.6. The molecule has 3 rings (SSSR count). The van der Waals surface area contributed by atoms with E-state index in [4.69, 9.17) is 9.47 Å². The van der Waals surface area contributed by atoms with Crippen molar-refractivity contribution in [1.82, 2.24) is 5.32 Å². The summed E-state index contributed by atoms with van der Waals surface area (Å²) in [5, 5.41) is 13.4. The maximum Gasteiger partial charge on any atom is 0.244 e. The Balaban J connectivity index is 1.58. The number of carbonyl (C=O) groups excluding carboxylic acids is 1. The highest BCUT2D eigenvalue weighted by molar-refractivity contribution is 7.98. The van der Waals surface area contributed by atoms with Gasteiger partial charge in [0, 0.05) is 11.0 Å². The minimum atomic E-state index is -1.22. The molecule has 0 aliphatic carbocycles. The number of rotatable bonds is 6. The maximum atomic E-state index is 12.0. The third kappa shape index (κ3) is 4.39. The molecule has 0 unspecified atom stereocenters. The number of aliphatic hydroxyl groups is 1. The van der Waals surface area contributed by atoms with Crippen molar-refractivity contribution >= 4 is 23.7 Å². The molecule has 1 aliphatic rings. The molecule has 2 aromatic carbocycles. The summed E-state index contributed by atoms with van der Waals surface area (Å²) in [5.74, 6) is 0.992. The number of amides is 1. The number of carbonyl (C=O) groups is 1. The number of hydrogen-bond donors (Lipinski definition) is 2. The van der Waals surface area contributed by atoms with Gasteiger partial charge < -0.3 is 19.9 Å². The van der Waals surface area contributed by atoms with Gasteiger partial charge in [-0.05, 0) is 54.6 Å². The van der Waals surface area contributed by atoms with Gasteiger partial charge >= 0.3 is 0 Å². The monoisotopic (exact) mass is 371 g/mol.